The fourth-order valence-electron chi connectivity index (χ4n) is 5.66. The van der Waals surface area contributed by atoms with Crippen LogP contribution in [-0.4, -0.2) is 29.7 Å². The van der Waals surface area contributed by atoms with Crippen LogP contribution in [0.15, 0.2) is 24.3 Å². The predicted molar refractivity (Wildman–Crippen MR) is 114 cm³/mol. The third-order valence-corrected chi connectivity index (χ3v) is 7.78. The van der Waals surface area contributed by atoms with E-state index in [-0.39, 0.29) is 47.1 Å². The second-order valence-electron chi connectivity index (χ2n) is 10.8. The molecule has 6 nitrogen and oxygen atoms in total. The molecule has 2 amide bonds. The van der Waals surface area contributed by atoms with Crippen molar-refractivity contribution in [2.75, 3.05) is 6.54 Å². The number of hydrogen-bond donors (Lipinski definition) is 3. The average Bonchev–Trinajstić information content (AvgIpc) is 3.55. The van der Waals surface area contributed by atoms with Gasteiger partial charge in [-0.15, -0.1) is 0 Å². The van der Waals surface area contributed by atoms with Crippen molar-refractivity contribution in [2.45, 2.75) is 58.5 Å². The normalized spacial score (nSPS) is 29.7. The summed E-state index contributed by atoms with van der Waals surface area (Å²) in [5, 5.41) is 6.22. The number of ketones is 1. The molecule has 4 rings (SSSR count). The molecule has 2 unspecified atom stereocenters. The maximum Gasteiger partial charge on any atom is 0.245 e. The van der Waals surface area contributed by atoms with Gasteiger partial charge in [0.15, 0.2) is 11.3 Å². The molecule has 31 heavy (non-hydrogen) atoms. The van der Waals surface area contributed by atoms with E-state index in [0.29, 0.717) is 6.54 Å². The van der Waals surface area contributed by atoms with E-state index in [1.165, 1.54) is 12.1 Å². The summed E-state index contributed by atoms with van der Waals surface area (Å²) in [4.78, 5) is 38.8. The molecule has 2 saturated carbocycles. The van der Waals surface area contributed by atoms with Crippen molar-refractivity contribution in [3.05, 3.63) is 35.6 Å². The van der Waals surface area contributed by atoms with Gasteiger partial charge in [0.1, 0.15) is 5.82 Å². The molecular weight excluding hydrogens is 397 g/mol. The number of carbonyl (C=O) groups excluding carboxylic acids is 3. The summed E-state index contributed by atoms with van der Waals surface area (Å²) in [6.07, 6.45) is 1.76. The zero-order valence-electron chi connectivity index (χ0n) is 18.6. The average molecular weight is 430 g/mol. The quantitative estimate of drug-likeness (QED) is 0.553. The minimum atomic E-state index is -1.38. The van der Waals surface area contributed by atoms with Gasteiger partial charge in [0.05, 0.1) is 6.04 Å². The number of halogens is 1. The van der Waals surface area contributed by atoms with Gasteiger partial charge in [0.2, 0.25) is 11.8 Å². The molecule has 4 atom stereocenters. The first-order valence-electron chi connectivity index (χ1n) is 11.1. The molecule has 4 N–H and O–H groups in total. The highest BCUT2D eigenvalue weighted by molar-refractivity contribution is 6.12. The molecule has 0 spiro atoms. The molecule has 7 heteroatoms. The lowest BCUT2D eigenvalue weighted by Crippen LogP contribution is -2.62. The molecule has 3 fully saturated rings. The summed E-state index contributed by atoms with van der Waals surface area (Å²) in [6, 6.07) is 5.47. The number of hydrogen-bond acceptors (Lipinski definition) is 4. The van der Waals surface area contributed by atoms with Crippen LogP contribution in [0.4, 0.5) is 4.39 Å². The first-order valence-corrected chi connectivity index (χ1v) is 11.1. The Morgan fingerprint density at radius 1 is 1.23 bits per heavy atom. The highest BCUT2D eigenvalue weighted by atomic mass is 19.1. The zero-order chi connectivity index (χ0) is 22.8. The van der Waals surface area contributed by atoms with E-state index < -0.39 is 22.9 Å². The molecule has 0 aromatic heterocycles. The predicted octanol–water partition coefficient (Wildman–Crippen LogP) is 2.48. The first kappa shape index (κ1) is 21.9. The number of rotatable bonds is 8. The molecule has 0 bridgehead atoms. The molecule has 0 radical (unpaired) electrons. The van der Waals surface area contributed by atoms with Crippen molar-refractivity contribution < 1.29 is 18.8 Å². The van der Waals surface area contributed by atoms with Gasteiger partial charge in [-0.2, -0.15) is 0 Å². The maximum atomic E-state index is 13.6. The number of benzene rings is 1. The fraction of sp³-hybridized carbons (Fsp3) is 0.625. The van der Waals surface area contributed by atoms with Crippen molar-refractivity contribution >= 4 is 17.6 Å². The summed E-state index contributed by atoms with van der Waals surface area (Å²) in [7, 11) is 0. The maximum absolute atomic E-state index is 13.6. The van der Waals surface area contributed by atoms with Crippen LogP contribution in [0.25, 0.3) is 0 Å². The lowest BCUT2D eigenvalue weighted by molar-refractivity contribution is -0.139. The monoisotopic (exact) mass is 429 g/mol. The molecule has 3 aliphatic rings. The van der Waals surface area contributed by atoms with Crippen LogP contribution in [-0.2, 0) is 14.4 Å². The third-order valence-electron chi connectivity index (χ3n) is 7.78. The van der Waals surface area contributed by atoms with Crippen LogP contribution in [0.2, 0.25) is 0 Å². The number of piperidine rings is 1. The van der Waals surface area contributed by atoms with Crippen LogP contribution in [0.3, 0.4) is 0 Å². The Bertz CT molecular complexity index is 923. The molecule has 1 aromatic carbocycles. The summed E-state index contributed by atoms with van der Waals surface area (Å²) in [5.41, 5.74) is 4.31. The highest BCUT2D eigenvalue weighted by Gasteiger charge is 2.75. The number of fused-ring (bicyclic) bond motifs is 1. The summed E-state index contributed by atoms with van der Waals surface area (Å²) < 4.78 is 13.5. The Morgan fingerprint density at radius 2 is 1.84 bits per heavy atom. The number of carbonyl (C=O) groups is 3. The second-order valence-corrected chi connectivity index (χ2v) is 10.8. The van der Waals surface area contributed by atoms with Gasteiger partial charge in [0, 0.05) is 24.8 Å². The van der Waals surface area contributed by atoms with Crippen molar-refractivity contribution in [1.29, 1.82) is 0 Å². The molecule has 1 aliphatic heterocycles. The third kappa shape index (κ3) is 3.56. The Kier molecular flexibility index (Phi) is 5.04. The van der Waals surface area contributed by atoms with E-state index in [2.05, 4.69) is 24.5 Å². The number of amides is 2. The highest BCUT2D eigenvalue weighted by Crippen LogP contribution is 2.66. The molecule has 2 aliphatic carbocycles. The van der Waals surface area contributed by atoms with Gasteiger partial charge in [-0.05, 0) is 47.3 Å². The van der Waals surface area contributed by atoms with Crippen LogP contribution in [0, 0.1) is 34.4 Å². The lowest BCUT2D eigenvalue weighted by Gasteiger charge is -2.38. The van der Waals surface area contributed by atoms with Crippen LogP contribution >= 0.6 is 0 Å². The van der Waals surface area contributed by atoms with Gasteiger partial charge in [0.25, 0.3) is 0 Å². The van der Waals surface area contributed by atoms with E-state index in [9.17, 15) is 18.8 Å². The number of nitrogens with two attached hydrogens (primary N) is 1. The summed E-state index contributed by atoms with van der Waals surface area (Å²) in [5.74, 6) is -1.17. The summed E-state index contributed by atoms with van der Waals surface area (Å²) >= 11 is 0. The zero-order valence-corrected chi connectivity index (χ0v) is 18.6. The second kappa shape index (κ2) is 7.12. The first-order chi connectivity index (χ1) is 14.4. The van der Waals surface area contributed by atoms with Crippen molar-refractivity contribution in [3.8, 4) is 0 Å². The lowest BCUT2D eigenvalue weighted by atomic mass is 9.71. The molecule has 1 saturated heterocycles. The number of Topliss-reactive ketones (excluding diaryl/α,β-unsaturated/α-hetero) is 1. The van der Waals surface area contributed by atoms with E-state index in [1.54, 1.807) is 12.1 Å². The van der Waals surface area contributed by atoms with Crippen LogP contribution < -0.4 is 16.4 Å². The largest absolute Gasteiger partial charge is 0.368 e. The minimum absolute atomic E-state index is 0.00377. The van der Waals surface area contributed by atoms with Crippen LogP contribution in [0.5, 0.6) is 0 Å². The minimum Gasteiger partial charge on any atom is -0.368 e. The molecule has 1 aromatic rings. The van der Waals surface area contributed by atoms with Gasteiger partial charge >= 0.3 is 0 Å². The summed E-state index contributed by atoms with van der Waals surface area (Å²) in [6.45, 7) is 8.51. The van der Waals surface area contributed by atoms with E-state index in [0.717, 1.165) is 18.4 Å². The Labute approximate surface area is 182 Å². The van der Waals surface area contributed by atoms with E-state index in [4.69, 9.17) is 5.73 Å². The van der Waals surface area contributed by atoms with Gasteiger partial charge < -0.3 is 11.1 Å². The van der Waals surface area contributed by atoms with E-state index in [1.807, 2.05) is 13.8 Å². The van der Waals surface area contributed by atoms with Crippen molar-refractivity contribution in [1.82, 2.24) is 10.6 Å². The SMILES string of the molecule is CC(C)(CC(=O)[C@@]1(C(N)=O)NCC2[C@H]1C2(C)C)C(NC(=O)C1CC1)c1ccc(F)cc1. The van der Waals surface area contributed by atoms with Gasteiger partial charge in [-0.3, -0.25) is 19.7 Å². The Morgan fingerprint density at radius 3 is 2.32 bits per heavy atom. The molecular formula is C24H32FN3O3. The van der Waals surface area contributed by atoms with Gasteiger partial charge in [-0.25, -0.2) is 4.39 Å². The topological polar surface area (TPSA) is 101 Å². The molecule has 1 heterocycles. The fourth-order valence-corrected chi connectivity index (χ4v) is 5.66. The Hall–Kier alpha value is -2.28. The molecule has 168 valence electrons. The van der Waals surface area contributed by atoms with Crippen molar-refractivity contribution in [2.24, 2.45) is 34.3 Å². The number of nitrogens with one attached hydrogen (secondary N) is 2. The van der Waals surface area contributed by atoms with Crippen molar-refractivity contribution in [3.63, 3.8) is 0 Å². The smallest absolute Gasteiger partial charge is 0.245 e. The standard InChI is InChI=1S/C24H32FN3O3/c1-22(2,11-17(29)24(21(26)31)18-16(12-27-24)23(18,3)4)19(28-20(30)14-5-6-14)13-7-9-15(25)10-8-13/h7-10,14,16,18-19,27H,5-6,11-12H2,1-4H3,(H2,26,31)(H,28,30)/t16?,18-,19?,24+/m0/s1. The Balaban J connectivity index is 1.62. The van der Waals surface area contributed by atoms with E-state index >= 15 is 0 Å². The van der Waals surface area contributed by atoms with Gasteiger partial charge in [-0.1, -0.05) is 39.8 Å². The van der Waals surface area contributed by atoms with Crippen LogP contribution in [0.1, 0.15) is 58.6 Å². The number of primary amides is 1.